The number of hydrogen-bond acceptors (Lipinski definition) is 4. The molecule has 1 aliphatic rings. The highest BCUT2D eigenvalue weighted by molar-refractivity contribution is 6.30. The monoisotopic (exact) mass is 384 g/mol. The summed E-state index contributed by atoms with van der Waals surface area (Å²) in [7, 11) is 0. The highest BCUT2D eigenvalue weighted by Crippen LogP contribution is 2.27. The molecule has 0 N–H and O–H groups in total. The van der Waals surface area contributed by atoms with Gasteiger partial charge in [-0.05, 0) is 36.6 Å². The number of halogens is 1. The van der Waals surface area contributed by atoms with E-state index in [4.69, 9.17) is 16.0 Å². The average Bonchev–Trinajstić information content (AvgIpc) is 3.34. The van der Waals surface area contributed by atoms with E-state index in [1.807, 2.05) is 35.2 Å². The van der Waals surface area contributed by atoms with Crippen molar-refractivity contribution in [2.45, 2.75) is 31.7 Å². The second kappa shape index (κ2) is 7.96. The molecule has 27 heavy (non-hydrogen) atoms. The van der Waals surface area contributed by atoms with E-state index in [1.54, 1.807) is 23.3 Å². The lowest BCUT2D eigenvalue weighted by Crippen LogP contribution is -2.41. The predicted molar refractivity (Wildman–Crippen MR) is 102 cm³/mol. The Hall–Kier alpha value is -2.60. The summed E-state index contributed by atoms with van der Waals surface area (Å²) in [6.45, 7) is 1.68. The van der Waals surface area contributed by atoms with Gasteiger partial charge in [0.25, 0.3) is 0 Å². The summed E-state index contributed by atoms with van der Waals surface area (Å²) in [5, 5.41) is 4.82. The number of benzene rings is 1. The number of nitrogens with zero attached hydrogens (tertiary/aromatic N) is 4. The number of amides is 1. The van der Waals surface area contributed by atoms with Gasteiger partial charge in [0.2, 0.25) is 5.91 Å². The molecule has 0 spiro atoms. The molecule has 1 amide bonds. The van der Waals surface area contributed by atoms with Crippen molar-refractivity contribution in [2.24, 2.45) is 0 Å². The zero-order chi connectivity index (χ0) is 18.6. The maximum atomic E-state index is 12.5. The van der Waals surface area contributed by atoms with Crippen LogP contribution in [0.1, 0.15) is 36.0 Å². The summed E-state index contributed by atoms with van der Waals surface area (Å²) in [6.07, 6.45) is 7.84. The summed E-state index contributed by atoms with van der Waals surface area (Å²) in [6, 6.07) is 9.55. The molecule has 4 rings (SSSR count). The second-order valence-electron chi connectivity index (χ2n) is 6.85. The molecule has 3 heterocycles. The van der Waals surface area contributed by atoms with Crippen molar-refractivity contribution in [3.63, 3.8) is 0 Å². The zero-order valence-electron chi connectivity index (χ0n) is 14.9. The highest BCUT2D eigenvalue weighted by atomic mass is 35.5. The molecule has 3 aromatic rings. The van der Waals surface area contributed by atoms with E-state index in [9.17, 15) is 4.79 Å². The van der Waals surface area contributed by atoms with Crippen molar-refractivity contribution >= 4 is 17.5 Å². The van der Waals surface area contributed by atoms with Crippen LogP contribution in [0.5, 0.6) is 0 Å². The molecule has 0 unspecified atom stereocenters. The fraction of sp³-hybridized carbons (Fsp3) is 0.350. The quantitative estimate of drug-likeness (QED) is 0.675. The maximum absolute atomic E-state index is 12.5. The van der Waals surface area contributed by atoms with E-state index in [-0.39, 0.29) is 18.4 Å². The van der Waals surface area contributed by atoms with Crippen molar-refractivity contribution in [1.29, 1.82) is 0 Å². The molecule has 0 saturated carbocycles. The molecule has 1 fully saturated rings. The largest absolute Gasteiger partial charge is 0.445 e. The van der Waals surface area contributed by atoms with Crippen LogP contribution in [0.2, 0.25) is 5.02 Å². The van der Waals surface area contributed by atoms with Crippen molar-refractivity contribution in [3.05, 3.63) is 71.2 Å². The van der Waals surface area contributed by atoms with E-state index < -0.39 is 0 Å². The third-order valence-electron chi connectivity index (χ3n) is 4.82. The first-order valence-electron chi connectivity index (χ1n) is 9.11. The van der Waals surface area contributed by atoms with Crippen LogP contribution in [-0.4, -0.2) is 38.7 Å². The van der Waals surface area contributed by atoms with Gasteiger partial charge in [-0.15, -0.1) is 0 Å². The molecule has 0 radical (unpaired) electrons. The van der Waals surface area contributed by atoms with Gasteiger partial charge in [0, 0.05) is 36.9 Å². The summed E-state index contributed by atoms with van der Waals surface area (Å²) in [5.74, 6) is 1.73. The Kier molecular flexibility index (Phi) is 5.25. The molecule has 1 aromatic carbocycles. The van der Waals surface area contributed by atoms with E-state index >= 15 is 0 Å². The van der Waals surface area contributed by atoms with Crippen LogP contribution < -0.4 is 0 Å². The minimum Gasteiger partial charge on any atom is -0.445 e. The lowest BCUT2D eigenvalue weighted by Gasteiger charge is -2.31. The molecule has 0 bridgehead atoms. The van der Waals surface area contributed by atoms with Crippen molar-refractivity contribution in [2.75, 3.05) is 13.1 Å². The Morgan fingerprint density at radius 2 is 2.26 bits per heavy atom. The normalized spacial score (nSPS) is 17.2. The van der Waals surface area contributed by atoms with Crippen molar-refractivity contribution < 1.29 is 9.21 Å². The standard InChI is InChI=1S/C20H21ClN4O2/c21-17-6-1-4-15(10-17)11-18-12-22-20(27-18)16-5-2-8-24(13-16)19(26)14-25-9-3-7-23-25/h1,3-4,6-7,9-10,12,16H,2,5,8,11,13-14H2/t16-/m0/s1. The van der Waals surface area contributed by atoms with Crippen LogP contribution in [0.15, 0.2) is 53.3 Å². The van der Waals surface area contributed by atoms with E-state index in [2.05, 4.69) is 10.1 Å². The van der Waals surface area contributed by atoms with Crippen LogP contribution in [-0.2, 0) is 17.8 Å². The SMILES string of the molecule is O=C(Cn1cccn1)N1CCC[C@H](c2ncc(Cc3cccc(Cl)c3)o2)C1. The van der Waals surface area contributed by atoms with Crippen LogP contribution in [0.3, 0.4) is 0 Å². The average molecular weight is 385 g/mol. The van der Waals surface area contributed by atoms with Gasteiger partial charge in [-0.2, -0.15) is 5.10 Å². The van der Waals surface area contributed by atoms with Gasteiger partial charge in [0.05, 0.1) is 12.1 Å². The Balaban J connectivity index is 1.39. The maximum Gasteiger partial charge on any atom is 0.244 e. The molecular weight excluding hydrogens is 364 g/mol. The summed E-state index contributed by atoms with van der Waals surface area (Å²) < 4.78 is 7.64. The summed E-state index contributed by atoms with van der Waals surface area (Å²) >= 11 is 6.04. The predicted octanol–water partition coefficient (Wildman–Crippen LogP) is 3.52. The number of rotatable bonds is 5. The van der Waals surface area contributed by atoms with Gasteiger partial charge in [0.1, 0.15) is 12.3 Å². The van der Waals surface area contributed by atoms with Crippen LogP contribution in [0, 0.1) is 0 Å². The third kappa shape index (κ3) is 4.39. The fourth-order valence-corrected chi connectivity index (χ4v) is 3.69. The van der Waals surface area contributed by atoms with Crippen LogP contribution >= 0.6 is 11.6 Å². The van der Waals surface area contributed by atoms with Crippen molar-refractivity contribution in [1.82, 2.24) is 19.7 Å². The fourth-order valence-electron chi connectivity index (χ4n) is 3.48. The summed E-state index contributed by atoms with van der Waals surface area (Å²) in [4.78, 5) is 18.9. The molecule has 7 heteroatoms. The van der Waals surface area contributed by atoms with Gasteiger partial charge in [0.15, 0.2) is 5.89 Å². The third-order valence-corrected chi connectivity index (χ3v) is 5.05. The van der Waals surface area contributed by atoms with E-state index in [0.717, 1.165) is 30.7 Å². The molecule has 0 aliphatic carbocycles. The number of carbonyl (C=O) groups is 1. The molecule has 1 aliphatic heterocycles. The molecular formula is C20H21ClN4O2. The summed E-state index contributed by atoms with van der Waals surface area (Å²) in [5.41, 5.74) is 1.09. The molecule has 2 aromatic heterocycles. The minimum absolute atomic E-state index is 0.0779. The first-order valence-corrected chi connectivity index (χ1v) is 9.49. The molecule has 140 valence electrons. The smallest absolute Gasteiger partial charge is 0.244 e. The molecule has 6 nitrogen and oxygen atoms in total. The lowest BCUT2D eigenvalue weighted by atomic mass is 9.98. The Labute approximate surface area is 162 Å². The van der Waals surface area contributed by atoms with Gasteiger partial charge < -0.3 is 9.32 Å². The first-order chi connectivity index (χ1) is 13.2. The number of hydrogen-bond donors (Lipinski definition) is 0. The highest BCUT2D eigenvalue weighted by Gasteiger charge is 2.28. The Morgan fingerprint density at radius 1 is 1.33 bits per heavy atom. The van der Waals surface area contributed by atoms with E-state index in [1.165, 1.54) is 0 Å². The lowest BCUT2D eigenvalue weighted by molar-refractivity contribution is -0.133. The second-order valence-corrected chi connectivity index (χ2v) is 7.29. The van der Waals surface area contributed by atoms with Gasteiger partial charge in [-0.25, -0.2) is 4.98 Å². The van der Waals surface area contributed by atoms with Crippen molar-refractivity contribution in [3.8, 4) is 0 Å². The van der Waals surface area contributed by atoms with Crippen LogP contribution in [0.25, 0.3) is 0 Å². The first kappa shape index (κ1) is 17.8. The van der Waals surface area contributed by atoms with Gasteiger partial charge in [-0.3, -0.25) is 9.48 Å². The number of piperidine rings is 1. The van der Waals surface area contributed by atoms with E-state index in [0.29, 0.717) is 23.9 Å². The van der Waals surface area contributed by atoms with Gasteiger partial charge >= 0.3 is 0 Å². The van der Waals surface area contributed by atoms with Gasteiger partial charge in [-0.1, -0.05) is 23.7 Å². The van der Waals surface area contributed by atoms with Crippen LogP contribution in [0.4, 0.5) is 0 Å². The zero-order valence-corrected chi connectivity index (χ0v) is 15.7. The topological polar surface area (TPSA) is 64.2 Å². The number of carbonyl (C=O) groups excluding carboxylic acids is 1. The number of oxazole rings is 1. The minimum atomic E-state index is 0.0779. The number of aromatic nitrogens is 3. The number of likely N-dealkylation sites (tertiary alicyclic amines) is 1. The molecule has 1 atom stereocenters. The Morgan fingerprint density at radius 3 is 3.07 bits per heavy atom. The molecule has 1 saturated heterocycles. The Bertz CT molecular complexity index is 906.